The van der Waals surface area contributed by atoms with E-state index >= 15 is 0 Å². The second-order valence-electron chi connectivity index (χ2n) is 3.23. The molecular weight excluding hydrogens is 270 g/mol. The third-order valence-electron chi connectivity index (χ3n) is 1.92. The number of nitrogens with zero attached hydrogens (tertiary/aromatic N) is 3. The van der Waals surface area contributed by atoms with Gasteiger partial charge < -0.3 is 0 Å². The maximum atomic E-state index is 13.3. The van der Waals surface area contributed by atoms with Gasteiger partial charge in [0.25, 0.3) is 11.9 Å². The van der Waals surface area contributed by atoms with Gasteiger partial charge in [-0.05, 0) is 24.8 Å². The zero-order chi connectivity index (χ0) is 13.3. The zero-order valence-electron chi connectivity index (χ0n) is 8.92. The fourth-order valence-electron chi connectivity index (χ4n) is 1.12. The normalized spacial score (nSPS) is 10.7. The highest BCUT2D eigenvalue weighted by Crippen LogP contribution is 2.31. The predicted molar refractivity (Wildman–Crippen MR) is 55.0 cm³/mol. The lowest BCUT2D eigenvalue weighted by Crippen LogP contribution is -2.02. The molecule has 2 heterocycles. The number of aromatic nitrogens is 3. The Labute approximate surface area is 103 Å². The summed E-state index contributed by atoms with van der Waals surface area (Å²) in [5.74, 6) is -6.54. The van der Waals surface area contributed by atoms with E-state index in [-0.39, 0.29) is 5.16 Å². The summed E-state index contributed by atoms with van der Waals surface area (Å²) < 4.78 is 52.3. The van der Waals surface area contributed by atoms with Crippen molar-refractivity contribution in [1.29, 1.82) is 0 Å². The van der Waals surface area contributed by atoms with Gasteiger partial charge in [-0.25, -0.2) is 18.7 Å². The lowest BCUT2D eigenvalue weighted by atomic mass is 10.4. The van der Waals surface area contributed by atoms with E-state index in [0.29, 0.717) is 17.5 Å². The Bertz CT molecular complexity index is 580. The highest BCUT2D eigenvalue weighted by molar-refractivity contribution is 7.99. The van der Waals surface area contributed by atoms with Crippen molar-refractivity contribution < 1.29 is 17.6 Å². The van der Waals surface area contributed by atoms with Crippen LogP contribution in [0.4, 0.5) is 17.6 Å². The van der Waals surface area contributed by atoms with Crippen LogP contribution in [0.5, 0.6) is 0 Å². The van der Waals surface area contributed by atoms with Crippen molar-refractivity contribution >= 4 is 11.8 Å². The molecule has 0 saturated carbocycles. The second kappa shape index (κ2) is 4.89. The lowest BCUT2D eigenvalue weighted by Gasteiger charge is -2.04. The maximum Gasteiger partial charge on any atom is 0.252 e. The van der Waals surface area contributed by atoms with Gasteiger partial charge in [0, 0.05) is 11.9 Å². The highest BCUT2D eigenvalue weighted by atomic mass is 32.2. The molecule has 8 heteroatoms. The molecule has 94 valence electrons. The first-order valence-electron chi connectivity index (χ1n) is 4.66. The Hall–Kier alpha value is -1.70. The minimum absolute atomic E-state index is 0.0159. The van der Waals surface area contributed by atoms with Gasteiger partial charge in [-0.15, -0.1) is 0 Å². The molecule has 0 fully saturated rings. The van der Waals surface area contributed by atoms with Crippen LogP contribution in [0.25, 0.3) is 0 Å². The van der Waals surface area contributed by atoms with Crippen molar-refractivity contribution in [3.8, 4) is 0 Å². The molecule has 0 aromatic carbocycles. The second-order valence-corrected chi connectivity index (χ2v) is 4.21. The first-order chi connectivity index (χ1) is 8.49. The predicted octanol–water partition coefficient (Wildman–Crippen LogP) is 2.89. The summed E-state index contributed by atoms with van der Waals surface area (Å²) in [4.78, 5) is 9.19. The van der Waals surface area contributed by atoms with Gasteiger partial charge in [0.15, 0.2) is 16.8 Å². The van der Waals surface area contributed by atoms with Crippen molar-refractivity contribution in [2.45, 2.75) is 17.0 Å². The summed E-state index contributed by atoms with van der Waals surface area (Å²) in [5.41, 5.74) is 0.559. The molecule has 2 rings (SSSR count). The minimum Gasteiger partial charge on any atom is -0.231 e. The third kappa shape index (κ3) is 2.42. The van der Waals surface area contributed by atoms with Crippen LogP contribution >= 0.6 is 11.8 Å². The molecule has 0 aliphatic heterocycles. The molecular formula is C10H5F4N3S. The molecule has 0 spiro atoms. The summed E-state index contributed by atoms with van der Waals surface area (Å²) in [6.45, 7) is 1.65. The van der Waals surface area contributed by atoms with E-state index in [1.54, 1.807) is 13.0 Å². The number of halogens is 4. The number of pyridine rings is 1. The van der Waals surface area contributed by atoms with Gasteiger partial charge in [-0.2, -0.15) is 13.8 Å². The van der Waals surface area contributed by atoms with E-state index in [2.05, 4.69) is 15.0 Å². The molecule has 0 aliphatic rings. The molecule has 0 radical (unpaired) electrons. The molecule has 2 aromatic heterocycles. The van der Waals surface area contributed by atoms with E-state index < -0.39 is 28.4 Å². The Morgan fingerprint density at radius 3 is 2.17 bits per heavy atom. The van der Waals surface area contributed by atoms with Crippen LogP contribution in [0.2, 0.25) is 0 Å². The van der Waals surface area contributed by atoms with Crippen LogP contribution < -0.4 is 0 Å². The van der Waals surface area contributed by atoms with Gasteiger partial charge in [0.05, 0.1) is 4.90 Å². The summed E-state index contributed by atoms with van der Waals surface area (Å²) in [7, 11) is 0. The van der Waals surface area contributed by atoms with Gasteiger partial charge in [0.1, 0.15) is 0 Å². The molecule has 0 saturated heterocycles. The SMILES string of the molecule is Cc1ccnc(Sc2c(F)c(F)nc(F)c2F)n1. The van der Waals surface area contributed by atoms with Crippen LogP contribution in [-0.2, 0) is 0 Å². The molecule has 0 aliphatic carbocycles. The summed E-state index contributed by atoms with van der Waals surface area (Å²) in [6.07, 6.45) is 1.37. The van der Waals surface area contributed by atoms with Gasteiger partial charge in [-0.3, -0.25) is 0 Å². The monoisotopic (exact) mass is 275 g/mol. The van der Waals surface area contributed by atoms with Gasteiger partial charge in [0.2, 0.25) is 0 Å². The standard InChI is InChI=1S/C10H5F4N3S/c1-4-2-3-15-10(16-4)18-7-5(11)8(13)17-9(14)6(7)12/h2-3H,1H3. The molecule has 0 bridgehead atoms. The Balaban J connectivity index is 2.46. The summed E-state index contributed by atoms with van der Waals surface area (Å²) in [6, 6.07) is 1.57. The lowest BCUT2D eigenvalue weighted by molar-refractivity contribution is 0.383. The number of rotatable bonds is 2. The minimum atomic E-state index is -1.70. The van der Waals surface area contributed by atoms with E-state index in [9.17, 15) is 17.6 Å². The van der Waals surface area contributed by atoms with Crippen molar-refractivity contribution in [3.63, 3.8) is 0 Å². The summed E-state index contributed by atoms with van der Waals surface area (Å²) in [5, 5.41) is -0.0159. The molecule has 3 nitrogen and oxygen atoms in total. The largest absolute Gasteiger partial charge is 0.252 e. The number of hydrogen-bond donors (Lipinski definition) is 0. The Kier molecular flexibility index (Phi) is 3.46. The number of aryl methyl sites for hydroxylation is 1. The average molecular weight is 275 g/mol. The van der Waals surface area contributed by atoms with Crippen molar-refractivity contribution in [2.75, 3.05) is 0 Å². The fourth-order valence-corrected chi connectivity index (χ4v) is 1.96. The van der Waals surface area contributed by atoms with Crippen molar-refractivity contribution in [2.24, 2.45) is 0 Å². The van der Waals surface area contributed by atoms with E-state index in [1.807, 2.05) is 0 Å². The van der Waals surface area contributed by atoms with Gasteiger partial charge >= 0.3 is 0 Å². The third-order valence-corrected chi connectivity index (χ3v) is 2.87. The first-order valence-corrected chi connectivity index (χ1v) is 5.48. The molecule has 0 unspecified atom stereocenters. The fraction of sp³-hybridized carbons (Fsp3) is 0.100. The Morgan fingerprint density at radius 1 is 1.00 bits per heavy atom. The summed E-state index contributed by atoms with van der Waals surface area (Å²) >= 11 is 0.391. The average Bonchev–Trinajstić information content (AvgIpc) is 2.32. The van der Waals surface area contributed by atoms with E-state index in [0.717, 1.165) is 0 Å². The maximum absolute atomic E-state index is 13.3. The molecule has 2 aromatic rings. The van der Waals surface area contributed by atoms with Crippen LogP contribution in [0.1, 0.15) is 5.69 Å². The highest BCUT2D eigenvalue weighted by Gasteiger charge is 2.22. The first kappa shape index (κ1) is 12.7. The van der Waals surface area contributed by atoms with Crippen LogP contribution in [0.15, 0.2) is 22.3 Å². The quantitative estimate of drug-likeness (QED) is 0.480. The number of hydrogen-bond acceptors (Lipinski definition) is 4. The Morgan fingerprint density at radius 2 is 1.61 bits per heavy atom. The van der Waals surface area contributed by atoms with E-state index in [1.165, 1.54) is 6.20 Å². The molecule has 0 atom stereocenters. The molecule has 18 heavy (non-hydrogen) atoms. The van der Waals surface area contributed by atoms with Crippen LogP contribution in [0.3, 0.4) is 0 Å². The van der Waals surface area contributed by atoms with Crippen molar-refractivity contribution in [1.82, 2.24) is 15.0 Å². The van der Waals surface area contributed by atoms with Crippen LogP contribution in [-0.4, -0.2) is 15.0 Å². The molecule has 0 N–H and O–H groups in total. The zero-order valence-corrected chi connectivity index (χ0v) is 9.73. The van der Waals surface area contributed by atoms with Gasteiger partial charge in [-0.1, -0.05) is 0 Å². The molecule has 0 amide bonds. The smallest absolute Gasteiger partial charge is 0.231 e. The van der Waals surface area contributed by atoms with Crippen LogP contribution in [0, 0.1) is 30.5 Å². The topological polar surface area (TPSA) is 38.7 Å². The van der Waals surface area contributed by atoms with Crippen molar-refractivity contribution in [3.05, 3.63) is 41.5 Å². The van der Waals surface area contributed by atoms with E-state index in [4.69, 9.17) is 0 Å².